The molecule has 1 amide bonds. The van der Waals surface area contributed by atoms with Crippen molar-refractivity contribution in [2.75, 3.05) is 39.8 Å². The monoisotopic (exact) mass is 568 g/mol. The number of nitrogens with zero attached hydrogens (tertiary/aromatic N) is 4. The van der Waals surface area contributed by atoms with E-state index in [-0.39, 0.29) is 36.1 Å². The number of piperazine rings is 1. The zero-order valence-corrected chi connectivity index (χ0v) is 24.1. The molecule has 1 aromatic rings. The molecule has 1 spiro atoms. The number of likely N-dealkylation sites (N-methyl/N-ethyl adjacent to an activating group) is 1. The maximum absolute atomic E-state index is 12.5. The molecule has 9 nitrogen and oxygen atoms in total. The van der Waals surface area contributed by atoms with Crippen LogP contribution in [0.5, 0.6) is 5.75 Å². The van der Waals surface area contributed by atoms with E-state index in [1.165, 1.54) is 18.1 Å². The molecular weight excluding hydrogens is 528 g/mol. The summed E-state index contributed by atoms with van der Waals surface area (Å²) in [6.07, 6.45) is 7.56. The molecule has 1 aromatic carbocycles. The topological polar surface area (TPSA) is 93.1 Å². The normalized spacial score (nSPS) is 36.1. The van der Waals surface area contributed by atoms with Crippen LogP contribution in [0.2, 0.25) is 5.02 Å². The minimum absolute atomic E-state index is 0.0790. The SMILES string of the molecule is C=CC(=O)N1CCN(C2NC(OCC3CCCN3C)NC3C[C@@]4(CCC32)Cc2cc(Cl)ccc2O4)CC1CC#N. The van der Waals surface area contributed by atoms with E-state index in [4.69, 9.17) is 21.1 Å². The lowest BCUT2D eigenvalue weighted by molar-refractivity contribution is -0.138. The van der Waals surface area contributed by atoms with Gasteiger partial charge in [-0.3, -0.25) is 20.3 Å². The second-order valence-electron chi connectivity index (χ2n) is 12.2. The minimum atomic E-state index is -0.282. The van der Waals surface area contributed by atoms with Crippen LogP contribution in [-0.4, -0.2) is 96.7 Å². The molecule has 0 radical (unpaired) electrons. The third-order valence-electron chi connectivity index (χ3n) is 9.82. The van der Waals surface area contributed by atoms with Crippen LogP contribution in [0.25, 0.3) is 0 Å². The van der Waals surface area contributed by atoms with E-state index in [1.807, 2.05) is 18.2 Å². The highest BCUT2D eigenvalue weighted by atomic mass is 35.5. The third kappa shape index (κ3) is 5.50. The molecule has 6 unspecified atom stereocenters. The molecule has 4 aliphatic heterocycles. The molecule has 1 aliphatic carbocycles. The Bertz CT molecular complexity index is 1160. The molecular formula is C30H41ClN6O3. The molecule has 1 saturated carbocycles. The van der Waals surface area contributed by atoms with Crippen molar-refractivity contribution in [1.82, 2.24) is 25.3 Å². The highest BCUT2D eigenvalue weighted by Crippen LogP contribution is 2.47. The molecule has 2 N–H and O–H groups in total. The van der Waals surface area contributed by atoms with E-state index in [1.54, 1.807) is 4.90 Å². The quantitative estimate of drug-likeness (QED) is 0.506. The summed E-state index contributed by atoms with van der Waals surface area (Å²) >= 11 is 6.31. The number of benzene rings is 1. The minimum Gasteiger partial charge on any atom is -0.487 e. The molecule has 7 atom stereocenters. The second kappa shape index (κ2) is 11.6. The van der Waals surface area contributed by atoms with E-state index < -0.39 is 0 Å². The number of ether oxygens (including phenoxy) is 2. The fraction of sp³-hybridized carbons (Fsp3) is 0.667. The number of carbonyl (C=O) groups is 1. The van der Waals surface area contributed by atoms with Gasteiger partial charge in [0.15, 0.2) is 6.35 Å². The van der Waals surface area contributed by atoms with Crippen LogP contribution in [0.15, 0.2) is 30.9 Å². The van der Waals surface area contributed by atoms with Gasteiger partial charge in [-0.05, 0) is 69.1 Å². The third-order valence-corrected chi connectivity index (χ3v) is 10.1. The number of hydrogen-bond acceptors (Lipinski definition) is 8. The predicted molar refractivity (Wildman–Crippen MR) is 153 cm³/mol. The molecule has 6 rings (SSSR count). The Labute approximate surface area is 242 Å². The molecule has 40 heavy (non-hydrogen) atoms. The number of likely N-dealkylation sites (tertiary alicyclic amines) is 1. The Morgan fingerprint density at radius 3 is 2.95 bits per heavy atom. The summed E-state index contributed by atoms with van der Waals surface area (Å²) in [4.78, 5) is 19.1. The lowest BCUT2D eigenvalue weighted by Crippen LogP contribution is -2.73. The molecule has 10 heteroatoms. The van der Waals surface area contributed by atoms with Crippen molar-refractivity contribution in [2.24, 2.45) is 5.92 Å². The second-order valence-corrected chi connectivity index (χ2v) is 12.7. The molecule has 4 fully saturated rings. The first kappa shape index (κ1) is 28.0. The first-order valence-corrected chi connectivity index (χ1v) is 15.1. The smallest absolute Gasteiger partial charge is 0.246 e. The van der Waals surface area contributed by atoms with E-state index in [0.29, 0.717) is 38.1 Å². The van der Waals surface area contributed by atoms with Crippen LogP contribution in [-0.2, 0) is 16.0 Å². The molecule has 4 heterocycles. The highest BCUT2D eigenvalue weighted by molar-refractivity contribution is 6.30. The number of halogens is 1. The average Bonchev–Trinajstić information content (AvgIpc) is 3.52. The van der Waals surface area contributed by atoms with Gasteiger partial charge in [-0.1, -0.05) is 18.2 Å². The standard InChI is InChI=1S/C30H41ClN6O3/c1-3-27(38)37-14-13-36(18-22(37)9-11-32)28-24-8-10-30(16-20-15-21(31)6-7-26(20)40-30)17-25(24)33-29(34-28)39-19-23-5-4-12-35(23)2/h3,6-7,15,22-25,28-29,33-34H,1,4-5,8-10,12-14,16-19H2,2H3/t22?,23?,24?,25?,28?,29?,30-/m1/s1. The number of carbonyl (C=O) groups excluding carboxylic acids is 1. The Balaban J connectivity index is 1.20. The number of fused-ring (bicyclic) bond motifs is 2. The lowest BCUT2D eigenvalue weighted by Gasteiger charge is -2.54. The molecule has 5 aliphatic rings. The fourth-order valence-electron chi connectivity index (χ4n) is 7.71. The summed E-state index contributed by atoms with van der Waals surface area (Å²) < 4.78 is 13.2. The highest BCUT2D eigenvalue weighted by Gasteiger charge is 2.52. The van der Waals surface area contributed by atoms with E-state index in [2.05, 4.69) is 40.1 Å². The average molecular weight is 569 g/mol. The Morgan fingerprint density at radius 1 is 1.30 bits per heavy atom. The fourth-order valence-corrected chi connectivity index (χ4v) is 7.91. The van der Waals surface area contributed by atoms with Crippen molar-refractivity contribution in [2.45, 2.75) is 81.2 Å². The van der Waals surface area contributed by atoms with Gasteiger partial charge in [0, 0.05) is 55.5 Å². The van der Waals surface area contributed by atoms with Gasteiger partial charge >= 0.3 is 0 Å². The van der Waals surface area contributed by atoms with Crippen LogP contribution >= 0.6 is 11.6 Å². The Morgan fingerprint density at radius 2 is 2.17 bits per heavy atom. The van der Waals surface area contributed by atoms with Crippen molar-refractivity contribution < 1.29 is 14.3 Å². The van der Waals surface area contributed by atoms with Crippen molar-refractivity contribution in [3.8, 4) is 11.8 Å². The molecule has 3 saturated heterocycles. The van der Waals surface area contributed by atoms with Gasteiger partial charge in [0.25, 0.3) is 0 Å². The predicted octanol–water partition coefficient (Wildman–Crippen LogP) is 2.71. The van der Waals surface area contributed by atoms with E-state index in [9.17, 15) is 10.1 Å². The van der Waals surface area contributed by atoms with Crippen LogP contribution in [0, 0.1) is 17.2 Å². The van der Waals surface area contributed by atoms with Crippen molar-refractivity contribution in [3.05, 3.63) is 41.4 Å². The summed E-state index contributed by atoms with van der Waals surface area (Å²) in [5.41, 5.74) is 0.952. The molecule has 216 valence electrons. The first-order valence-electron chi connectivity index (χ1n) is 14.7. The number of rotatable bonds is 6. The van der Waals surface area contributed by atoms with Crippen LogP contribution in [0.1, 0.15) is 44.1 Å². The maximum atomic E-state index is 12.5. The number of amides is 1. The van der Waals surface area contributed by atoms with Crippen LogP contribution in [0.4, 0.5) is 0 Å². The first-order chi connectivity index (χ1) is 19.4. The van der Waals surface area contributed by atoms with Gasteiger partial charge in [-0.2, -0.15) is 5.26 Å². The van der Waals surface area contributed by atoms with Crippen LogP contribution < -0.4 is 15.4 Å². The zero-order chi connectivity index (χ0) is 27.9. The number of hydrogen-bond donors (Lipinski definition) is 2. The Hall–Kier alpha value is -2.19. The molecule has 0 bridgehead atoms. The summed E-state index contributed by atoms with van der Waals surface area (Å²) in [5.74, 6) is 1.20. The van der Waals surface area contributed by atoms with Gasteiger partial charge in [-0.25, -0.2) is 0 Å². The molecule has 0 aromatic heterocycles. The largest absolute Gasteiger partial charge is 0.487 e. The van der Waals surface area contributed by atoms with E-state index >= 15 is 0 Å². The lowest BCUT2D eigenvalue weighted by atomic mass is 9.71. The van der Waals surface area contributed by atoms with Gasteiger partial charge in [0.1, 0.15) is 11.4 Å². The Kier molecular flexibility index (Phi) is 8.10. The number of nitrogens with one attached hydrogen (secondary N) is 2. The summed E-state index contributed by atoms with van der Waals surface area (Å²) in [5, 5.41) is 17.9. The summed E-state index contributed by atoms with van der Waals surface area (Å²) in [6.45, 7) is 7.44. The van der Waals surface area contributed by atoms with Gasteiger partial charge in [-0.15, -0.1) is 0 Å². The van der Waals surface area contributed by atoms with Crippen molar-refractivity contribution in [3.63, 3.8) is 0 Å². The summed E-state index contributed by atoms with van der Waals surface area (Å²) in [7, 11) is 2.17. The van der Waals surface area contributed by atoms with Crippen LogP contribution in [0.3, 0.4) is 0 Å². The van der Waals surface area contributed by atoms with Gasteiger partial charge in [0.2, 0.25) is 5.91 Å². The van der Waals surface area contributed by atoms with E-state index in [0.717, 1.165) is 56.0 Å². The van der Waals surface area contributed by atoms with Gasteiger partial charge < -0.3 is 19.3 Å². The summed E-state index contributed by atoms with van der Waals surface area (Å²) in [6, 6.07) is 8.73. The van der Waals surface area contributed by atoms with Gasteiger partial charge in [0.05, 0.1) is 31.3 Å². The zero-order valence-electron chi connectivity index (χ0n) is 23.4. The van der Waals surface area contributed by atoms with Crippen molar-refractivity contribution >= 4 is 17.5 Å². The maximum Gasteiger partial charge on any atom is 0.246 e. The number of nitriles is 1. The van der Waals surface area contributed by atoms with Crippen molar-refractivity contribution in [1.29, 1.82) is 5.26 Å².